The molecular formula is C20H38N4O6S. The standard InChI is InChI=1S/C20H38N4O6S/c1-10(2)9-14(18(27)24-16(12(5)25)20(29)30)23-17(26)13(7-8-31-6)22-19(28)15(21)11(3)4/h10-16,25H,7-9,21H2,1-6H3,(H,22,28)(H,23,26)(H,24,27)(H,29,30). The first-order chi connectivity index (χ1) is 14.3. The second-order valence-corrected chi connectivity index (χ2v) is 9.35. The van der Waals surface area contributed by atoms with E-state index in [1.807, 2.05) is 20.1 Å². The summed E-state index contributed by atoms with van der Waals surface area (Å²) in [5.41, 5.74) is 5.87. The fourth-order valence-corrected chi connectivity index (χ4v) is 3.16. The maximum absolute atomic E-state index is 12.9. The molecule has 11 heteroatoms. The van der Waals surface area contributed by atoms with E-state index in [4.69, 9.17) is 5.73 Å². The molecule has 5 atom stereocenters. The summed E-state index contributed by atoms with van der Waals surface area (Å²) in [5, 5.41) is 26.4. The molecule has 0 aliphatic rings. The van der Waals surface area contributed by atoms with E-state index in [2.05, 4.69) is 16.0 Å². The Hall–Kier alpha value is -1.85. The first-order valence-corrected chi connectivity index (χ1v) is 11.8. The second kappa shape index (κ2) is 14.3. The van der Waals surface area contributed by atoms with Gasteiger partial charge in [0.1, 0.15) is 12.1 Å². The van der Waals surface area contributed by atoms with Gasteiger partial charge >= 0.3 is 5.97 Å². The zero-order valence-corrected chi connectivity index (χ0v) is 20.0. The van der Waals surface area contributed by atoms with E-state index in [0.29, 0.717) is 12.2 Å². The van der Waals surface area contributed by atoms with Gasteiger partial charge in [-0.1, -0.05) is 27.7 Å². The van der Waals surface area contributed by atoms with Gasteiger partial charge < -0.3 is 31.9 Å². The number of carbonyl (C=O) groups excluding carboxylic acids is 3. The van der Waals surface area contributed by atoms with Gasteiger partial charge in [0.25, 0.3) is 0 Å². The Bertz CT molecular complexity index is 614. The Morgan fingerprint density at radius 2 is 1.42 bits per heavy atom. The predicted octanol–water partition coefficient (Wildman–Crippen LogP) is -0.311. The highest BCUT2D eigenvalue weighted by atomic mass is 32.2. The summed E-state index contributed by atoms with van der Waals surface area (Å²) in [4.78, 5) is 49.2. The van der Waals surface area contributed by atoms with Gasteiger partial charge in [-0.05, 0) is 43.6 Å². The van der Waals surface area contributed by atoms with Crippen LogP contribution < -0.4 is 21.7 Å². The topological polar surface area (TPSA) is 171 Å². The molecule has 7 N–H and O–H groups in total. The Morgan fingerprint density at radius 1 is 0.903 bits per heavy atom. The highest BCUT2D eigenvalue weighted by Crippen LogP contribution is 2.09. The third-order valence-corrected chi connectivity index (χ3v) is 5.29. The van der Waals surface area contributed by atoms with Crippen LogP contribution >= 0.6 is 11.8 Å². The summed E-state index contributed by atoms with van der Waals surface area (Å²) >= 11 is 1.50. The first-order valence-electron chi connectivity index (χ1n) is 10.4. The number of carboxylic acids is 1. The molecule has 0 aromatic heterocycles. The fourth-order valence-electron chi connectivity index (χ4n) is 2.69. The van der Waals surface area contributed by atoms with Gasteiger partial charge in [-0.25, -0.2) is 4.79 Å². The molecular weight excluding hydrogens is 424 g/mol. The molecule has 0 rings (SSSR count). The van der Waals surface area contributed by atoms with Gasteiger partial charge in [-0.2, -0.15) is 11.8 Å². The molecule has 10 nitrogen and oxygen atoms in total. The van der Waals surface area contributed by atoms with Crippen molar-refractivity contribution in [3.63, 3.8) is 0 Å². The zero-order chi connectivity index (χ0) is 24.3. The maximum Gasteiger partial charge on any atom is 0.328 e. The van der Waals surface area contributed by atoms with Crippen molar-refractivity contribution >= 4 is 35.5 Å². The van der Waals surface area contributed by atoms with Crippen molar-refractivity contribution in [1.82, 2.24) is 16.0 Å². The molecule has 0 aromatic carbocycles. The second-order valence-electron chi connectivity index (χ2n) is 8.37. The smallest absolute Gasteiger partial charge is 0.328 e. The molecule has 0 aromatic rings. The van der Waals surface area contributed by atoms with Gasteiger partial charge in [0.2, 0.25) is 17.7 Å². The molecule has 0 saturated heterocycles. The summed E-state index contributed by atoms with van der Waals surface area (Å²) in [6.45, 7) is 8.55. The lowest BCUT2D eigenvalue weighted by Gasteiger charge is -2.27. The first kappa shape index (κ1) is 29.1. The van der Waals surface area contributed by atoms with E-state index in [-0.39, 0.29) is 18.3 Å². The van der Waals surface area contributed by atoms with Crippen LogP contribution in [0.2, 0.25) is 0 Å². The number of amides is 3. The predicted molar refractivity (Wildman–Crippen MR) is 120 cm³/mol. The average Bonchev–Trinajstić information content (AvgIpc) is 2.66. The van der Waals surface area contributed by atoms with E-state index in [1.54, 1.807) is 13.8 Å². The Kier molecular flexibility index (Phi) is 13.4. The number of carbonyl (C=O) groups is 4. The highest BCUT2D eigenvalue weighted by molar-refractivity contribution is 7.98. The van der Waals surface area contributed by atoms with Crippen LogP contribution in [0.1, 0.15) is 47.5 Å². The van der Waals surface area contributed by atoms with Crippen molar-refractivity contribution in [3.8, 4) is 0 Å². The molecule has 5 unspecified atom stereocenters. The van der Waals surface area contributed by atoms with E-state index in [1.165, 1.54) is 18.7 Å². The average molecular weight is 463 g/mol. The van der Waals surface area contributed by atoms with Gasteiger partial charge in [0.15, 0.2) is 6.04 Å². The lowest BCUT2D eigenvalue weighted by molar-refractivity contribution is -0.145. The minimum Gasteiger partial charge on any atom is -0.480 e. The Morgan fingerprint density at radius 3 is 1.84 bits per heavy atom. The summed E-state index contributed by atoms with van der Waals surface area (Å²) in [5.74, 6) is -2.62. The maximum atomic E-state index is 12.9. The quantitative estimate of drug-likeness (QED) is 0.204. The van der Waals surface area contributed by atoms with Crippen molar-refractivity contribution in [2.75, 3.05) is 12.0 Å². The molecule has 31 heavy (non-hydrogen) atoms. The van der Waals surface area contributed by atoms with Crippen molar-refractivity contribution < 1.29 is 29.4 Å². The summed E-state index contributed by atoms with van der Waals surface area (Å²) in [6, 6.07) is -4.20. The monoisotopic (exact) mass is 462 g/mol. The van der Waals surface area contributed by atoms with Crippen LogP contribution in [-0.4, -0.2) is 76.2 Å². The van der Waals surface area contributed by atoms with E-state index in [9.17, 15) is 29.4 Å². The number of hydrogen-bond acceptors (Lipinski definition) is 7. The molecule has 0 heterocycles. The van der Waals surface area contributed by atoms with Crippen LogP contribution in [0.4, 0.5) is 0 Å². The van der Waals surface area contributed by atoms with Crippen LogP contribution in [-0.2, 0) is 19.2 Å². The van der Waals surface area contributed by atoms with Crippen LogP contribution in [0.5, 0.6) is 0 Å². The number of aliphatic hydroxyl groups is 1. The van der Waals surface area contributed by atoms with Crippen LogP contribution in [0.15, 0.2) is 0 Å². The SMILES string of the molecule is CSCCC(NC(=O)C(N)C(C)C)C(=O)NC(CC(C)C)C(=O)NC(C(=O)O)C(C)O. The highest BCUT2D eigenvalue weighted by Gasteiger charge is 2.32. The Labute approximate surface area is 188 Å². The van der Waals surface area contributed by atoms with Crippen LogP contribution in [0.3, 0.4) is 0 Å². The van der Waals surface area contributed by atoms with E-state index < -0.39 is 54.0 Å². The molecule has 0 aliphatic carbocycles. The zero-order valence-electron chi connectivity index (χ0n) is 19.2. The summed E-state index contributed by atoms with van der Waals surface area (Å²) in [7, 11) is 0. The van der Waals surface area contributed by atoms with Crippen LogP contribution in [0.25, 0.3) is 0 Å². The van der Waals surface area contributed by atoms with Gasteiger partial charge in [0, 0.05) is 0 Å². The van der Waals surface area contributed by atoms with E-state index >= 15 is 0 Å². The third-order valence-electron chi connectivity index (χ3n) is 4.65. The lowest BCUT2D eigenvalue weighted by Crippen LogP contribution is -2.58. The van der Waals surface area contributed by atoms with Gasteiger partial charge in [-0.3, -0.25) is 14.4 Å². The third kappa shape index (κ3) is 10.8. The number of carboxylic acid groups (broad SMARTS) is 1. The molecule has 0 radical (unpaired) electrons. The number of aliphatic hydroxyl groups excluding tert-OH is 1. The number of nitrogens with one attached hydrogen (secondary N) is 3. The molecule has 0 saturated carbocycles. The number of aliphatic carboxylic acids is 1. The molecule has 0 bridgehead atoms. The van der Waals surface area contributed by atoms with Crippen molar-refractivity contribution in [2.45, 2.75) is 77.7 Å². The minimum absolute atomic E-state index is 0.0134. The van der Waals surface area contributed by atoms with Crippen LogP contribution in [0, 0.1) is 11.8 Å². The fraction of sp³-hybridized carbons (Fsp3) is 0.800. The lowest BCUT2D eigenvalue weighted by atomic mass is 10.0. The summed E-state index contributed by atoms with van der Waals surface area (Å²) in [6.07, 6.45) is 1.14. The number of rotatable bonds is 14. The molecule has 3 amide bonds. The minimum atomic E-state index is -1.50. The summed E-state index contributed by atoms with van der Waals surface area (Å²) < 4.78 is 0. The van der Waals surface area contributed by atoms with Gasteiger partial charge in [0.05, 0.1) is 12.1 Å². The molecule has 0 fully saturated rings. The molecule has 180 valence electrons. The number of nitrogens with two attached hydrogens (primary N) is 1. The molecule has 0 aliphatic heterocycles. The van der Waals surface area contributed by atoms with Crippen molar-refractivity contribution in [1.29, 1.82) is 0 Å². The van der Waals surface area contributed by atoms with E-state index in [0.717, 1.165) is 0 Å². The molecule has 0 spiro atoms. The largest absolute Gasteiger partial charge is 0.480 e. The normalized spacial score (nSPS) is 16.2. The number of thioether (sulfide) groups is 1. The van der Waals surface area contributed by atoms with Crippen molar-refractivity contribution in [3.05, 3.63) is 0 Å². The van der Waals surface area contributed by atoms with Crippen molar-refractivity contribution in [2.24, 2.45) is 17.6 Å². The number of hydrogen-bond donors (Lipinski definition) is 6. The van der Waals surface area contributed by atoms with Gasteiger partial charge in [-0.15, -0.1) is 0 Å². The Balaban J connectivity index is 5.46.